The molecule has 0 fully saturated rings. The van der Waals surface area contributed by atoms with E-state index in [4.69, 9.17) is 0 Å². The Morgan fingerprint density at radius 1 is 0.625 bits per heavy atom. The molecule has 3 rings (SSSR count). The molecule has 2 nitrogen and oxygen atoms in total. The predicted octanol–water partition coefficient (Wildman–Crippen LogP) is 8.54. The van der Waals surface area contributed by atoms with Crippen LogP contribution in [-0.2, 0) is 0 Å². The van der Waals surface area contributed by atoms with E-state index in [1.54, 1.807) is 0 Å². The molecule has 0 N–H and O–H groups in total. The topological polar surface area (TPSA) is 6.25 Å². The van der Waals surface area contributed by atoms with Gasteiger partial charge < -0.3 is 0 Å². The van der Waals surface area contributed by atoms with E-state index in [1.165, 1.54) is 52.9 Å². The van der Waals surface area contributed by atoms with Gasteiger partial charge in [-0.3, -0.25) is 0 Å². The molecular weight excluding hydrogens is 388 g/mol. The summed E-state index contributed by atoms with van der Waals surface area (Å²) in [6, 6.07) is 13.9. The number of rotatable bonds is 6. The van der Waals surface area contributed by atoms with Crippen LogP contribution < -0.4 is 4.90 Å². The van der Waals surface area contributed by atoms with Crippen molar-refractivity contribution in [2.24, 2.45) is 0 Å². The van der Waals surface area contributed by atoms with E-state index >= 15 is 0 Å². The fourth-order valence-electron chi connectivity index (χ4n) is 5.05. The molecule has 0 aliphatic carbocycles. The summed E-state index contributed by atoms with van der Waals surface area (Å²) < 4.78 is 2.59. The summed E-state index contributed by atoms with van der Waals surface area (Å²) in [4.78, 5) is 2.59. The van der Waals surface area contributed by atoms with Crippen LogP contribution in [0.4, 0.5) is 11.4 Å². The van der Waals surface area contributed by atoms with Crippen molar-refractivity contribution in [3.05, 3.63) is 58.7 Å². The summed E-state index contributed by atoms with van der Waals surface area (Å²) in [7, 11) is 0. The van der Waals surface area contributed by atoms with Crippen LogP contribution in [0.3, 0.4) is 0 Å². The Bertz CT molecular complexity index is 881. The van der Waals surface area contributed by atoms with Crippen LogP contribution in [0.2, 0.25) is 0 Å². The minimum Gasteiger partial charge on any atom is -0.233 e. The Hall–Kier alpha value is -2.09. The number of nitrogens with zero attached hydrogens (tertiary/aromatic N) is 2. The summed E-state index contributed by atoms with van der Waals surface area (Å²) >= 11 is 0. The van der Waals surface area contributed by atoms with Crippen LogP contribution in [-0.4, -0.2) is 24.0 Å². The zero-order chi connectivity index (χ0) is 23.4. The predicted molar refractivity (Wildman–Crippen MR) is 141 cm³/mol. The second kappa shape index (κ2) is 10.7. The van der Waals surface area contributed by atoms with Gasteiger partial charge in [0.15, 0.2) is 0 Å². The van der Waals surface area contributed by atoms with Gasteiger partial charge >= 0.3 is 0 Å². The molecule has 0 saturated heterocycles. The largest absolute Gasteiger partial charge is 0.244 e. The Labute approximate surface area is 197 Å². The fourth-order valence-corrected chi connectivity index (χ4v) is 5.05. The second-order valence-corrected chi connectivity index (χ2v) is 10.8. The zero-order valence-corrected chi connectivity index (χ0v) is 21.8. The average molecular weight is 434 g/mol. The fraction of sp³-hybridized carbons (Fsp3) is 0.567. The lowest BCUT2D eigenvalue weighted by atomic mass is 9.91. The van der Waals surface area contributed by atoms with Gasteiger partial charge in [-0.05, 0) is 42.9 Å². The molecule has 1 aliphatic heterocycles. The Morgan fingerprint density at radius 3 is 1.56 bits per heavy atom. The number of anilines is 1. The highest BCUT2D eigenvalue weighted by atomic mass is 15.2. The summed E-state index contributed by atoms with van der Waals surface area (Å²) in [6.07, 6.45) is 6.23. The third-order valence-corrected chi connectivity index (χ3v) is 6.84. The lowest BCUT2D eigenvalue weighted by Crippen LogP contribution is -2.32. The molecule has 0 saturated carbocycles. The quantitative estimate of drug-likeness (QED) is 0.414. The SMILES string of the molecule is CC(C)c1cccc(C(C)C)c1N1C=[N+](c2c(C(C)C)cccc2C(C)C)CCCCC1. The molecule has 0 spiro atoms. The van der Waals surface area contributed by atoms with Gasteiger partial charge in [-0.1, -0.05) is 91.8 Å². The maximum absolute atomic E-state index is 2.59. The van der Waals surface area contributed by atoms with E-state index in [9.17, 15) is 0 Å². The van der Waals surface area contributed by atoms with Gasteiger partial charge in [0.05, 0.1) is 13.1 Å². The first-order valence-corrected chi connectivity index (χ1v) is 12.9. The molecule has 32 heavy (non-hydrogen) atoms. The van der Waals surface area contributed by atoms with Gasteiger partial charge in [0, 0.05) is 22.3 Å². The lowest BCUT2D eigenvalue weighted by Gasteiger charge is -2.27. The highest BCUT2D eigenvalue weighted by Crippen LogP contribution is 2.38. The van der Waals surface area contributed by atoms with Crippen molar-refractivity contribution in [3.8, 4) is 0 Å². The molecule has 2 aromatic carbocycles. The number of hydrogen-bond acceptors (Lipinski definition) is 1. The van der Waals surface area contributed by atoms with Crippen molar-refractivity contribution in [1.29, 1.82) is 0 Å². The smallest absolute Gasteiger partial charge is 0.233 e. The minimum absolute atomic E-state index is 0.505. The van der Waals surface area contributed by atoms with Gasteiger partial charge in [0.1, 0.15) is 11.4 Å². The van der Waals surface area contributed by atoms with E-state index in [0.29, 0.717) is 23.7 Å². The molecule has 2 heteroatoms. The van der Waals surface area contributed by atoms with Crippen LogP contribution in [0.25, 0.3) is 0 Å². The third-order valence-electron chi connectivity index (χ3n) is 6.84. The van der Waals surface area contributed by atoms with Crippen molar-refractivity contribution < 1.29 is 4.58 Å². The van der Waals surface area contributed by atoms with E-state index < -0.39 is 0 Å². The maximum atomic E-state index is 2.59. The van der Waals surface area contributed by atoms with Gasteiger partial charge in [-0.15, -0.1) is 0 Å². The second-order valence-electron chi connectivity index (χ2n) is 10.8. The number of benzene rings is 2. The van der Waals surface area contributed by atoms with Gasteiger partial charge in [-0.2, -0.15) is 0 Å². The molecule has 0 radical (unpaired) electrons. The molecular formula is C30H45N2+. The monoisotopic (exact) mass is 433 g/mol. The normalized spacial score (nSPS) is 15.5. The number of para-hydroxylation sites is 2. The van der Waals surface area contributed by atoms with E-state index in [0.717, 1.165) is 13.1 Å². The van der Waals surface area contributed by atoms with Crippen molar-refractivity contribution >= 4 is 17.7 Å². The summed E-state index contributed by atoms with van der Waals surface area (Å²) in [5.74, 6) is 2.02. The van der Waals surface area contributed by atoms with Gasteiger partial charge in [-0.25, -0.2) is 9.48 Å². The molecule has 0 atom stereocenters. The molecule has 174 valence electrons. The number of hydrogen-bond donors (Lipinski definition) is 0. The molecule has 1 heterocycles. The Morgan fingerprint density at radius 2 is 1.09 bits per heavy atom. The summed E-state index contributed by atoms with van der Waals surface area (Å²) in [6.45, 7) is 20.8. The molecule has 0 amide bonds. The molecule has 2 aromatic rings. The van der Waals surface area contributed by atoms with Crippen LogP contribution in [0.15, 0.2) is 36.4 Å². The van der Waals surface area contributed by atoms with Crippen molar-refractivity contribution in [3.63, 3.8) is 0 Å². The highest BCUT2D eigenvalue weighted by molar-refractivity contribution is 5.81. The summed E-state index contributed by atoms with van der Waals surface area (Å²) in [5.41, 5.74) is 8.75. The molecule has 0 bridgehead atoms. The lowest BCUT2D eigenvalue weighted by molar-refractivity contribution is -0.439. The summed E-state index contributed by atoms with van der Waals surface area (Å²) in [5, 5.41) is 0. The first-order valence-electron chi connectivity index (χ1n) is 12.9. The van der Waals surface area contributed by atoms with E-state index in [-0.39, 0.29) is 0 Å². The first kappa shape index (κ1) is 24.6. The minimum atomic E-state index is 0.505. The molecule has 0 unspecified atom stereocenters. The standard InChI is InChI=1S/C30H45N2/c1-21(2)25-14-12-15-26(22(3)4)29(25)31-18-10-9-11-19-32(20-31)30-27(23(5)6)16-13-17-28(30)24(7)8/h12-17,20-24H,9-11,18-19H2,1-8H3/q+1. The first-order chi connectivity index (χ1) is 15.2. The van der Waals surface area contributed by atoms with Crippen LogP contribution in [0.1, 0.15) is 121 Å². The van der Waals surface area contributed by atoms with Crippen LogP contribution in [0.5, 0.6) is 0 Å². The van der Waals surface area contributed by atoms with Gasteiger partial charge in [0.2, 0.25) is 6.34 Å². The maximum Gasteiger partial charge on any atom is 0.244 e. The molecule has 1 aliphatic rings. The average Bonchev–Trinajstić information content (AvgIpc) is 2.72. The van der Waals surface area contributed by atoms with Gasteiger partial charge in [0.25, 0.3) is 0 Å². The van der Waals surface area contributed by atoms with Crippen molar-refractivity contribution in [2.75, 3.05) is 18.0 Å². The third kappa shape index (κ3) is 5.27. The zero-order valence-electron chi connectivity index (χ0n) is 21.8. The van der Waals surface area contributed by atoms with E-state index in [2.05, 4.69) is 108 Å². The van der Waals surface area contributed by atoms with Crippen molar-refractivity contribution in [1.82, 2.24) is 0 Å². The Kier molecular flexibility index (Phi) is 8.20. The Balaban J connectivity index is 2.26. The van der Waals surface area contributed by atoms with E-state index in [1.807, 2.05) is 0 Å². The molecule has 0 aromatic heterocycles. The van der Waals surface area contributed by atoms with Crippen LogP contribution in [0, 0.1) is 0 Å². The highest BCUT2D eigenvalue weighted by Gasteiger charge is 2.27. The van der Waals surface area contributed by atoms with Crippen LogP contribution >= 0.6 is 0 Å². The van der Waals surface area contributed by atoms with Crippen molar-refractivity contribution in [2.45, 2.75) is 98.3 Å².